The van der Waals surface area contributed by atoms with E-state index >= 15 is 0 Å². The number of pyridine rings is 1. The van der Waals surface area contributed by atoms with E-state index in [-0.39, 0.29) is 21.0 Å². The number of rotatable bonds is 4. The lowest BCUT2D eigenvalue weighted by Crippen LogP contribution is -2.31. The summed E-state index contributed by atoms with van der Waals surface area (Å²) < 4.78 is 0.238. The second-order valence-electron chi connectivity index (χ2n) is 4.04. The molecule has 6 heteroatoms. The standard InChI is InChI=1S/C11H12Cl2N2OS/c1-17-11(4-5-11)6-14-10(16)7-2-3-8(12)15-9(7)13/h2-3H,4-6H2,1H3,(H,14,16). The highest BCUT2D eigenvalue weighted by atomic mass is 35.5. The number of hydrogen-bond acceptors (Lipinski definition) is 3. The van der Waals surface area contributed by atoms with Crippen LogP contribution in [0.25, 0.3) is 0 Å². The van der Waals surface area contributed by atoms with Gasteiger partial charge in [0, 0.05) is 11.3 Å². The lowest BCUT2D eigenvalue weighted by Gasteiger charge is -2.13. The molecular weight excluding hydrogens is 279 g/mol. The topological polar surface area (TPSA) is 42.0 Å². The molecule has 0 unspecified atom stereocenters. The number of halogens is 2. The summed E-state index contributed by atoms with van der Waals surface area (Å²) in [5.41, 5.74) is 0.368. The van der Waals surface area contributed by atoms with Crippen LogP contribution in [0.4, 0.5) is 0 Å². The maximum atomic E-state index is 11.9. The summed E-state index contributed by atoms with van der Waals surface area (Å²) in [6.45, 7) is 0.673. The van der Waals surface area contributed by atoms with Gasteiger partial charge in [0.2, 0.25) is 0 Å². The second kappa shape index (κ2) is 5.04. The number of nitrogens with one attached hydrogen (secondary N) is 1. The van der Waals surface area contributed by atoms with Crippen molar-refractivity contribution in [3.05, 3.63) is 28.0 Å². The summed E-state index contributed by atoms with van der Waals surface area (Å²) in [6, 6.07) is 3.15. The van der Waals surface area contributed by atoms with Crippen LogP contribution < -0.4 is 5.32 Å². The minimum absolute atomic E-state index is 0.143. The Morgan fingerprint density at radius 3 is 2.76 bits per heavy atom. The minimum atomic E-state index is -0.195. The molecule has 0 aliphatic heterocycles. The van der Waals surface area contributed by atoms with Gasteiger partial charge in [-0.2, -0.15) is 11.8 Å². The Balaban J connectivity index is 2.00. The maximum Gasteiger partial charge on any atom is 0.254 e. The van der Waals surface area contributed by atoms with Crippen molar-refractivity contribution in [1.82, 2.24) is 10.3 Å². The highest BCUT2D eigenvalue weighted by Gasteiger charge is 2.42. The van der Waals surface area contributed by atoms with E-state index in [1.807, 2.05) is 0 Å². The molecule has 1 aliphatic carbocycles. The van der Waals surface area contributed by atoms with Gasteiger partial charge < -0.3 is 5.32 Å². The van der Waals surface area contributed by atoms with Crippen molar-refractivity contribution in [2.75, 3.05) is 12.8 Å². The van der Waals surface area contributed by atoms with E-state index in [1.54, 1.807) is 23.9 Å². The normalized spacial score (nSPS) is 16.6. The van der Waals surface area contributed by atoms with Gasteiger partial charge in [0.15, 0.2) is 0 Å². The lowest BCUT2D eigenvalue weighted by atomic mass is 10.2. The molecule has 0 spiro atoms. The molecule has 1 saturated carbocycles. The van der Waals surface area contributed by atoms with Crippen molar-refractivity contribution in [1.29, 1.82) is 0 Å². The molecule has 2 rings (SSSR count). The van der Waals surface area contributed by atoms with Crippen molar-refractivity contribution < 1.29 is 4.79 Å². The third-order valence-electron chi connectivity index (χ3n) is 2.87. The number of thioether (sulfide) groups is 1. The molecule has 0 atom stereocenters. The Morgan fingerprint density at radius 1 is 1.53 bits per heavy atom. The van der Waals surface area contributed by atoms with E-state index in [0.29, 0.717) is 12.1 Å². The van der Waals surface area contributed by atoms with E-state index in [0.717, 1.165) is 12.8 Å². The highest BCUT2D eigenvalue weighted by molar-refractivity contribution is 8.00. The van der Waals surface area contributed by atoms with E-state index in [4.69, 9.17) is 23.2 Å². The Morgan fingerprint density at radius 2 is 2.24 bits per heavy atom. The fourth-order valence-electron chi connectivity index (χ4n) is 1.51. The molecule has 1 aliphatic rings. The SMILES string of the molecule is CSC1(CNC(=O)c2ccc(Cl)nc2Cl)CC1. The molecule has 0 saturated heterocycles. The molecule has 1 aromatic heterocycles. The average molecular weight is 291 g/mol. The Hall–Kier alpha value is -0.450. The summed E-state index contributed by atoms with van der Waals surface area (Å²) in [7, 11) is 0. The summed E-state index contributed by atoms with van der Waals surface area (Å²) in [4.78, 5) is 15.7. The van der Waals surface area contributed by atoms with Crippen molar-refractivity contribution in [2.45, 2.75) is 17.6 Å². The van der Waals surface area contributed by atoms with Gasteiger partial charge in [0.05, 0.1) is 5.56 Å². The lowest BCUT2D eigenvalue weighted by molar-refractivity contribution is 0.0953. The Bertz CT molecular complexity index is 449. The number of amides is 1. The largest absolute Gasteiger partial charge is 0.351 e. The molecule has 0 radical (unpaired) electrons. The zero-order valence-corrected chi connectivity index (χ0v) is 11.6. The van der Waals surface area contributed by atoms with Gasteiger partial charge in [-0.15, -0.1) is 0 Å². The van der Waals surface area contributed by atoms with Gasteiger partial charge >= 0.3 is 0 Å². The van der Waals surface area contributed by atoms with Crippen LogP contribution in [-0.4, -0.2) is 28.4 Å². The number of carbonyl (C=O) groups excluding carboxylic acids is 1. The van der Waals surface area contributed by atoms with Gasteiger partial charge in [0.25, 0.3) is 5.91 Å². The van der Waals surface area contributed by atoms with Crippen LogP contribution in [0.15, 0.2) is 12.1 Å². The molecule has 92 valence electrons. The molecule has 1 amide bonds. The second-order valence-corrected chi connectivity index (χ2v) is 6.06. The van der Waals surface area contributed by atoms with Crippen LogP contribution in [0.3, 0.4) is 0 Å². The monoisotopic (exact) mass is 290 g/mol. The Kier molecular flexibility index (Phi) is 3.85. The molecule has 17 heavy (non-hydrogen) atoms. The van der Waals surface area contributed by atoms with Crippen molar-refractivity contribution in [2.24, 2.45) is 0 Å². The molecule has 1 N–H and O–H groups in total. The average Bonchev–Trinajstić information content (AvgIpc) is 3.07. The third kappa shape index (κ3) is 3.06. The maximum absolute atomic E-state index is 11.9. The quantitative estimate of drug-likeness (QED) is 0.867. The van der Waals surface area contributed by atoms with Crippen molar-refractivity contribution in [3.8, 4) is 0 Å². The minimum Gasteiger partial charge on any atom is -0.351 e. The van der Waals surface area contributed by atoms with Crippen molar-refractivity contribution in [3.63, 3.8) is 0 Å². The first-order valence-electron chi connectivity index (χ1n) is 5.22. The summed E-state index contributed by atoms with van der Waals surface area (Å²) in [5, 5.41) is 3.31. The molecule has 0 bridgehead atoms. The zero-order chi connectivity index (χ0) is 12.5. The van der Waals surface area contributed by atoms with Crippen LogP contribution in [0.2, 0.25) is 10.3 Å². The van der Waals surface area contributed by atoms with Crippen LogP contribution >= 0.6 is 35.0 Å². The highest BCUT2D eigenvalue weighted by Crippen LogP contribution is 2.46. The number of aromatic nitrogens is 1. The molecule has 1 aromatic rings. The summed E-state index contributed by atoms with van der Waals surface area (Å²) >= 11 is 13.3. The molecule has 3 nitrogen and oxygen atoms in total. The molecular formula is C11H12Cl2N2OS. The van der Waals surface area contributed by atoms with Crippen LogP contribution in [0, 0.1) is 0 Å². The van der Waals surface area contributed by atoms with Gasteiger partial charge in [-0.25, -0.2) is 4.98 Å². The first kappa shape index (κ1) is 13.0. The fraction of sp³-hybridized carbons (Fsp3) is 0.455. The van der Waals surface area contributed by atoms with Crippen LogP contribution in [-0.2, 0) is 0 Å². The molecule has 0 aromatic carbocycles. The van der Waals surface area contributed by atoms with E-state index < -0.39 is 0 Å². The molecule has 1 fully saturated rings. The van der Waals surface area contributed by atoms with Crippen molar-refractivity contribution >= 4 is 40.9 Å². The first-order valence-corrected chi connectivity index (χ1v) is 7.20. The summed E-state index contributed by atoms with van der Waals surface area (Å²) in [5.74, 6) is -0.195. The van der Waals surface area contributed by atoms with E-state index in [9.17, 15) is 4.79 Å². The zero-order valence-electron chi connectivity index (χ0n) is 9.30. The van der Waals surface area contributed by atoms with Gasteiger partial charge in [0.1, 0.15) is 10.3 Å². The number of nitrogens with zero attached hydrogens (tertiary/aromatic N) is 1. The first-order chi connectivity index (χ1) is 8.06. The van der Waals surface area contributed by atoms with E-state index in [2.05, 4.69) is 16.6 Å². The number of hydrogen-bond donors (Lipinski definition) is 1. The Labute approximate surface area is 114 Å². The van der Waals surface area contributed by atoms with Crippen LogP contribution in [0.1, 0.15) is 23.2 Å². The fourth-order valence-corrected chi connectivity index (χ4v) is 2.67. The van der Waals surface area contributed by atoms with E-state index in [1.165, 1.54) is 0 Å². The van der Waals surface area contributed by atoms with Gasteiger partial charge in [-0.05, 0) is 31.2 Å². The molecule has 1 heterocycles. The third-order valence-corrected chi connectivity index (χ3v) is 4.79. The van der Waals surface area contributed by atoms with Gasteiger partial charge in [-0.1, -0.05) is 23.2 Å². The number of carbonyl (C=O) groups is 1. The summed E-state index contributed by atoms with van der Waals surface area (Å²) in [6.07, 6.45) is 4.37. The smallest absolute Gasteiger partial charge is 0.254 e. The van der Waals surface area contributed by atoms with Gasteiger partial charge in [-0.3, -0.25) is 4.79 Å². The predicted octanol–water partition coefficient (Wildman–Crippen LogP) is 3.01. The van der Waals surface area contributed by atoms with Crippen LogP contribution in [0.5, 0.6) is 0 Å². The predicted molar refractivity (Wildman–Crippen MR) is 72.1 cm³/mol.